The van der Waals surface area contributed by atoms with E-state index in [0.29, 0.717) is 0 Å². The molecule has 28 heavy (non-hydrogen) atoms. The van der Waals surface area contributed by atoms with Crippen molar-refractivity contribution in [3.8, 4) is 0 Å². The normalized spacial score (nSPS) is 16.8. The lowest BCUT2D eigenvalue weighted by Crippen LogP contribution is -2.38. The van der Waals surface area contributed by atoms with Gasteiger partial charge in [0.05, 0.1) is 18.2 Å². The van der Waals surface area contributed by atoms with E-state index in [1.54, 1.807) is 0 Å². The SMILES string of the molecule is CCNC(=NCCCOC1CCOC1)NCCc1cccc2cccnc12.I. The lowest BCUT2D eigenvalue weighted by atomic mass is 10.1. The van der Waals surface area contributed by atoms with E-state index >= 15 is 0 Å². The third kappa shape index (κ3) is 7.18. The van der Waals surface area contributed by atoms with Crippen LogP contribution >= 0.6 is 24.0 Å². The van der Waals surface area contributed by atoms with Gasteiger partial charge in [0.25, 0.3) is 0 Å². The largest absolute Gasteiger partial charge is 0.379 e. The molecule has 3 rings (SSSR count). The number of benzene rings is 1. The summed E-state index contributed by atoms with van der Waals surface area (Å²) in [7, 11) is 0. The summed E-state index contributed by atoms with van der Waals surface area (Å²) in [5, 5.41) is 7.90. The number of rotatable bonds is 9. The molecular weight excluding hydrogens is 467 g/mol. The number of aromatic nitrogens is 1. The second kappa shape index (κ2) is 12.9. The molecule has 0 amide bonds. The molecule has 0 saturated carbocycles. The third-order valence-electron chi connectivity index (χ3n) is 4.56. The Bertz CT molecular complexity index is 730. The highest BCUT2D eigenvalue weighted by Crippen LogP contribution is 2.15. The van der Waals surface area contributed by atoms with Gasteiger partial charge in [0.1, 0.15) is 0 Å². The van der Waals surface area contributed by atoms with E-state index in [4.69, 9.17) is 9.47 Å². The van der Waals surface area contributed by atoms with Gasteiger partial charge < -0.3 is 20.1 Å². The number of nitrogens with one attached hydrogen (secondary N) is 2. The van der Waals surface area contributed by atoms with Gasteiger partial charge >= 0.3 is 0 Å². The molecule has 2 aromatic rings. The minimum Gasteiger partial charge on any atom is -0.379 e. The van der Waals surface area contributed by atoms with Gasteiger partial charge in [-0.2, -0.15) is 0 Å². The van der Waals surface area contributed by atoms with Crippen LogP contribution < -0.4 is 10.6 Å². The molecule has 0 aliphatic carbocycles. The van der Waals surface area contributed by atoms with Gasteiger partial charge in [-0.1, -0.05) is 24.3 Å². The topological polar surface area (TPSA) is 67.8 Å². The van der Waals surface area contributed by atoms with Crippen molar-refractivity contribution in [1.82, 2.24) is 15.6 Å². The fourth-order valence-electron chi connectivity index (χ4n) is 3.18. The number of hydrogen-bond acceptors (Lipinski definition) is 4. The Morgan fingerprint density at radius 2 is 2.18 bits per heavy atom. The van der Waals surface area contributed by atoms with Crippen molar-refractivity contribution in [2.45, 2.75) is 32.3 Å². The average Bonchev–Trinajstić information content (AvgIpc) is 3.21. The van der Waals surface area contributed by atoms with Crippen LogP contribution in [0.5, 0.6) is 0 Å². The van der Waals surface area contributed by atoms with Gasteiger partial charge in [-0.3, -0.25) is 9.98 Å². The van der Waals surface area contributed by atoms with Crippen molar-refractivity contribution < 1.29 is 9.47 Å². The van der Waals surface area contributed by atoms with Gasteiger partial charge in [0.15, 0.2) is 5.96 Å². The molecular formula is C21H31IN4O2. The molecule has 1 atom stereocenters. The second-order valence-corrected chi connectivity index (χ2v) is 6.64. The standard InChI is InChI=1S/C21H30N4O2.HI/c1-2-22-21(24-12-5-14-27-19-10-15-26-16-19)25-13-9-18-7-3-6-17-8-4-11-23-20(17)18;/h3-4,6-8,11,19H,2,5,9-10,12-16H2,1H3,(H2,22,24,25);1H. The molecule has 2 heterocycles. The maximum Gasteiger partial charge on any atom is 0.191 e. The summed E-state index contributed by atoms with van der Waals surface area (Å²) in [4.78, 5) is 9.16. The number of nitrogens with zero attached hydrogens (tertiary/aromatic N) is 2. The highest BCUT2D eigenvalue weighted by molar-refractivity contribution is 14.0. The minimum atomic E-state index is 0. The summed E-state index contributed by atoms with van der Waals surface area (Å²) in [6.07, 6.45) is 4.96. The summed E-state index contributed by atoms with van der Waals surface area (Å²) in [5.74, 6) is 0.856. The second-order valence-electron chi connectivity index (χ2n) is 6.64. The Labute approximate surface area is 184 Å². The molecule has 1 aromatic heterocycles. The Kier molecular flexibility index (Phi) is 10.5. The molecule has 1 unspecified atom stereocenters. The molecule has 0 bridgehead atoms. The van der Waals surface area contributed by atoms with Crippen LogP contribution in [0.15, 0.2) is 41.5 Å². The molecule has 1 saturated heterocycles. The highest BCUT2D eigenvalue weighted by atomic mass is 127. The van der Waals surface area contributed by atoms with Gasteiger partial charge in [-0.15, -0.1) is 24.0 Å². The van der Waals surface area contributed by atoms with Crippen molar-refractivity contribution in [1.29, 1.82) is 0 Å². The average molecular weight is 498 g/mol. The third-order valence-corrected chi connectivity index (χ3v) is 4.56. The molecule has 2 N–H and O–H groups in total. The van der Waals surface area contributed by atoms with Crippen LogP contribution in [0.2, 0.25) is 0 Å². The molecule has 0 radical (unpaired) electrons. The van der Waals surface area contributed by atoms with Crippen LogP contribution in [0.4, 0.5) is 0 Å². The molecule has 0 spiro atoms. The monoisotopic (exact) mass is 498 g/mol. The van der Waals surface area contributed by atoms with E-state index in [1.807, 2.05) is 12.3 Å². The predicted octanol–water partition coefficient (Wildman–Crippen LogP) is 3.15. The van der Waals surface area contributed by atoms with Crippen LogP contribution in [0.25, 0.3) is 10.9 Å². The van der Waals surface area contributed by atoms with Gasteiger partial charge in [-0.25, -0.2) is 0 Å². The summed E-state index contributed by atoms with van der Waals surface area (Å²) >= 11 is 0. The van der Waals surface area contributed by atoms with Crippen LogP contribution in [-0.4, -0.2) is 56.5 Å². The fraction of sp³-hybridized carbons (Fsp3) is 0.524. The van der Waals surface area contributed by atoms with E-state index < -0.39 is 0 Å². The molecule has 6 nitrogen and oxygen atoms in total. The Balaban J connectivity index is 0.00000280. The summed E-state index contributed by atoms with van der Waals surface area (Å²) < 4.78 is 11.1. The first-order chi connectivity index (χ1) is 13.4. The smallest absolute Gasteiger partial charge is 0.191 e. The first-order valence-corrected chi connectivity index (χ1v) is 9.91. The van der Waals surface area contributed by atoms with Gasteiger partial charge in [-0.05, 0) is 37.8 Å². The number of hydrogen-bond donors (Lipinski definition) is 2. The number of fused-ring (bicyclic) bond motifs is 1. The minimum absolute atomic E-state index is 0. The fourth-order valence-corrected chi connectivity index (χ4v) is 3.18. The Morgan fingerprint density at radius 1 is 1.29 bits per heavy atom. The zero-order valence-electron chi connectivity index (χ0n) is 16.5. The molecule has 1 fully saturated rings. The maximum absolute atomic E-state index is 5.78. The first-order valence-electron chi connectivity index (χ1n) is 9.91. The van der Waals surface area contributed by atoms with E-state index in [2.05, 4.69) is 51.8 Å². The molecule has 1 aliphatic heterocycles. The van der Waals surface area contributed by atoms with Crippen LogP contribution in [-0.2, 0) is 15.9 Å². The van der Waals surface area contributed by atoms with Crippen molar-refractivity contribution in [3.05, 3.63) is 42.1 Å². The number of halogens is 1. The summed E-state index contributed by atoms with van der Waals surface area (Å²) in [6, 6.07) is 10.4. The van der Waals surface area contributed by atoms with Crippen LogP contribution in [0, 0.1) is 0 Å². The molecule has 154 valence electrons. The van der Waals surface area contributed by atoms with E-state index in [-0.39, 0.29) is 30.1 Å². The number of aliphatic imine (C=N–C) groups is 1. The zero-order valence-corrected chi connectivity index (χ0v) is 18.9. The van der Waals surface area contributed by atoms with Crippen molar-refractivity contribution >= 4 is 40.8 Å². The number of pyridine rings is 1. The highest BCUT2D eigenvalue weighted by Gasteiger charge is 2.15. The molecule has 1 aromatic carbocycles. The quantitative estimate of drug-likeness (QED) is 0.241. The lowest BCUT2D eigenvalue weighted by molar-refractivity contribution is 0.0424. The van der Waals surface area contributed by atoms with Crippen molar-refractivity contribution in [2.75, 3.05) is 39.5 Å². The Morgan fingerprint density at radius 3 is 3.00 bits per heavy atom. The first kappa shape index (κ1) is 22.8. The van der Waals surface area contributed by atoms with Crippen molar-refractivity contribution in [3.63, 3.8) is 0 Å². The van der Waals surface area contributed by atoms with Gasteiger partial charge in [0, 0.05) is 44.4 Å². The van der Waals surface area contributed by atoms with Crippen molar-refractivity contribution in [2.24, 2.45) is 4.99 Å². The maximum atomic E-state index is 5.78. The predicted molar refractivity (Wildman–Crippen MR) is 125 cm³/mol. The van der Waals surface area contributed by atoms with Gasteiger partial charge in [0.2, 0.25) is 0 Å². The summed E-state index contributed by atoms with van der Waals surface area (Å²) in [6.45, 7) is 6.78. The zero-order chi connectivity index (χ0) is 18.7. The lowest BCUT2D eigenvalue weighted by Gasteiger charge is -2.12. The number of guanidine groups is 1. The molecule has 7 heteroatoms. The number of ether oxygens (including phenoxy) is 2. The van der Waals surface area contributed by atoms with Crippen LogP contribution in [0.1, 0.15) is 25.3 Å². The van der Waals surface area contributed by atoms with E-state index in [1.165, 1.54) is 10.9 Å². The summed E-state index contributed by atoms with van der Waals surface area (Å²) in [5.41, 5.74) is 2.33. The van der Waals surface area contributed by atoms with E-state index in [0.717, 1.165) is 70.2 Å². The molecule has 1 aliphatic rings. The number of para-hydroxylation sites is 1. The van der Waals surface area contributed by atoms with Crippen LogP contribution in [0.3, 0.4) is 0 Å². The van der Waals surface area contributed by atoms with E-state index in [9.17, 15) is 0 Å². The Hall–Kier alpha value is -1.45.